The molecule has 5 aromatic rings. The number of fused-ring (bicyclic) bond motifs is 3. The second-order valence-corrected chi connectivity index (χ2v) is 7.31. The quantitative estimate of drug-likeness (QED) is 0.268. The van der Waals surface area contributed by atoms with Gasteiger partial charge < -0.3 is 16.1 Å². The Bertz CT molecular complexity index is 1490. The van der Waals surface area contributed by atoms with Crippen LogP contribution in [0.15, 0.2) is 71.5 Å². The number of para-hydroxylation sites is 2. The molecule has 3 aromatic carbocycles. The minimum Gasteiger partial charge on any atom is -0.349 e. The molecule has 1 aliphatic rings. The lowest BCUT2D eigenvalue weighted by atomic mass is 10.1. The number of hydrogen-bond acceptors (Lipinski definition) is 7. The van der Waals surface area contributed by atoms with Gasteiger partial charge in [-0.2, -0.15) is 4.98 Å². The summed E-state index contributed by atoms with van der Waals surface area (Å²) in [5, 5.41) is 13.7. The predicted octanol–water partition coefficient (Wildman–Crippen LogP) is 3.58. The highest BCUT2D eigenvalue weighted by Crippen LogP contribution is 2.31. The van der Waals surface area contributed by atoms with Gasteiger partial charge in [0.05, 0.1) is 22.1 Å². The van der Waals surface area contributed by atoms with Crippen molar-refractivity contribution in [1.29, 1.82) is 0 Å². The van der Waals surface area contributed by atoms with E-state index in [1.165, 1.54) is 0 Å². The zero-order chi connectivity index (χ0) is 20.8. The maximum absolute atomic E-state index is 11.7. The SMILES string of the molecule is O=c1[nH][nH]c2cc(Nc3nc(NC4NNc5ccccc54)c4ccccc4n3)ccc12. The molecule has 1 aliphatic heterocycles. The third-order valence-electron chi connectivity index (χ3n) is 5.34. The highest BCUT2D eigenvalue weighted by Gasteiger charge is 2.22. The maximum atomic E-state index is 11.7. The summed E-state index contributed by atoms with van der Waals surface area (Å²) >= 11 is 0. The zero-order valence-electron chi connectivity index (χ0n) is 16.2. The molecule has 0 bridgehead atoms. The molecule has 0 saturated heterocycles. The minimum absolute atomic E-state index is 0.136. The molecule has 0 amide bonds. The Balaban J connectivity index is 1.38. The van der Waals surface area contributed by atoms with Crippen LogP contribution >= 0.6 is 0 Å². The summed E-state index contributed by atoms with van der Waals surface area (Å²) in [4.78, 5) is 21.1. The van der Waals surface area contributed by atoms with E-state index in [-0.39, 0.29) is 11.7 Å². The Labute approximate surface area is 175 Å². The van der Waals surface area contributed by atoms with E-state index in [9.17, 15) is 4.79 Å². The Kier molecular flexibility index (Phi) is 3.87. The van der Waals surface area contributed by atoms with Crippen LogP contribution < -0.4 is 27.0 Å². The van der Waals surface area contributed by atoms with E-state index in [4.69, 9.17) is 4.98 Å². The standard InChI is InChI=1S/C22H18N8O/c31-21-15-10-9-12(11-18(15)28-30-21)23-22-24-16-7-3-1-5-13(16)19(26-22)25-20-14-6-2-4-8-17(14)27-29-20/h1-11,20,27,29H,(H2,28,30,31)(H2,23,24,25,26). The van der Waals surface area contributed by atoms with Crippen LogP contribution in [-0.4, -0.2) is 20.2 Å². The molecule has 1 atom stereocenters. The van der Waals surface area contributed by atoms with Gasteiger partial charge in [-0.3, -0.25) is 15.0 Å². The molecule has 6 N–H and O–H groups in total. The van der Waals surface area contributed by atoms with E-state index < -0.39 is 0 Å². The van der Waals surface area contributed by atoms with Crippen LogP contribution in [0.5, 0.6) is 0 Å². The molecule has 0 spiro atoms. The fraction of sp³-hybridized carbons (Fsp3) is 0.0455. The number of benzene rings is 3. The van der Waals surface area contributed by atoms with Crippen molar-refractivity contribution in [3.63, 3.8) is 0 Å². The van der Waals surface area contributed by atoms with Crippen LogP contribution in [0.3, 0.4) is 0 Å². The van der Waals surface area contributed by atoms with Gasteiger partial charge in [0.2, 0.25) is 5.95 Å². The molecular formula is C22H18N8O. The number of rotatable bonds is 4. The lowest BCUT2D eigenvalue weighted by Crippen LogP contribution is -2.26. The molecule has 1 unspecified atom stereocenters. The first-order chi connectivity index (χ1) is 15.2. The molecular weight excluding hydrogens is 392 g/mol. The lowest BCUT2D eigenvalue weighted by Gasteiger charge is -2.17. The first-order valence-corrected chi connectivity index (χ1v) is 9.86. The van der Waals surface area contributed by atoms with Crippen molar-refractivity contribution in [3.05, 3.63) is 82.6 Å². The second-order valence-electron chi connectivity index (χ2n) is 7.31. The summed E-state index contributed by atoms with van der Waals surface area (Å²) in [7, 11) is 0. The Morgan fingerprint density at radius 3 is 2.71 bits per heavy atom. The van der Waals surface area contributed by atoms with Crippen molar-refractivity contribution in [1.82, 2.24) is 25.6 Å². The van der Waals surface area contributed by atoms with Crippen LogP contribution in [-0.2, 0) is 0 Å². The van der Waals surface area contributed by atoms with Gasteiger partial charge in [0, 0.05) is 16.6 Å². The highest BCUT2D eigenvalue weighted by atomic mass is 16.1. The highest BCUT2D eigenvalue weighted by molar-refractivity contribution is 5.91. The third kappa shape index (κ3) is 3.04. The molecule has 9 nitrogen and oxygen atoms in total. The van der Waals surface area contributed by atoms with Crippen LogP contribution in [0.4, 0.5) is 23.1 Å². The van der Waals surface area contributed by atoms with Crippen molar-refractivity contribution in [2.24, 2.45) is 0 Å². The van der Waals surface area contributed by atoms with Crippen molar-refractivity contribution in [3.8, 4) is 0 Å². The van der Waals surface area contributed by atoms with Crippen LogP contribution in [0.1, 0.15) is 11.7 Å². The average Bonchev–Trinajstić information content (AvgIpc) is 3.37. The molecule has 31 heavy (non-hydrogen) atoms. The fourth-order valence-electron chi connectivity index (χ4n) is 3.83. The molecule has 0 fully saturated rings. The zero-order valence-corrected chi connectivity index (χ0v) is 16.2. The van der Waals surface area contributed by atoms with Crippen LogP contribution in [0.25, 0.3) is 21.8 Å². The Morgan fingerprint density at radius 2 is 1.74 bits per heavy atom. The smallest absolute Gasteiger partial charge is 0.271 e. The van der Waals surface area contributed by atoms with E-state index in [0.29, 0.717) is 22.7 Å². The molecule has 0 saturated carbocycles. The predicted molar refractivity (Wildman–Crippen MR) is 121 cm³/mol. The molecule has 6 rings (SSSR count). The number of H-pyrrole nitrogens is 2. The van der Waals surface area contributed by atoms with Gasteiger partial charge in [-0.25, -0.2) is 10.4 Å². The minimum atomic E-state index is -0.145. The van der Waals surface area contributed by atoms with Gasteiger partial charge in [0.1, 0.15) is 12.0 Å². The number of nitrogens with one attached hydrogen (secondary N) is 6. The normalized spacial score (nSPS) is 15.0. The Morgan fingerprint density at radius 1 is 0.871 bits per heavy atom. The van der Waals surface area contributed by atoms with E-state index in [1.807, 2.05) is 54.6 Å². The average molecular weight is 410 g/mol. The first kappa shape index (κ1) is 17.5. The van der Waals surface area contributed by atoms with Gasteiger partial charge in [-0.1, -0.05) is 30.3 Å². The van der Waals surface area contributed by atoms with Crippen molar-refractivity contribution in [2.45, 2.75) is 6.17 Å². The summed E-state index contributed by atoms with van der Waals surface area (Å²) in [5.74, 6) is 1.16. The molecule has 152 valence electrons. The number of aromatic nitrogens is 4. The van der Waals surface area contributed by atoms with Crippen LogP contribution in [0.2, 0.25) is 0 Å². The third-order valence-corrected chi connectivity index (χ3v) is 5.34. The molecule has 2 aromatic heterocycles. The second kappa shape index (κ2) is 6.85. The topological polar surface area (TPSA) is 123 Å². The largest absolute Gasteiger partial charge is 0.349 e. The number of aromatic amines is 2. The van der Waals surface area contributed by atoms with E-state index >= 15 is 0 Å². The van der Waals surface area contributed by atoms with E-state index in [1.54, 1.807) is 6.07 Å². The summed E-state index contributed by atoms with van der Waals surface area (Å²) in [6, 6.07) is 21.4. The van der Waals surface area contributed by atoms with E-state index in [0.717, 1.165) is 27.8 Å². The summed E-state index contributed by atoms with van der Waals surface area (Å²) in [6.07, 6.45) is -0.136. The fourth-order valence-corrected chi connectivity index (χ4v) is 3.83. The summed E-state index contributed by atoms with van der Waals surface area (Å²) in [5.41, 5.74) is 10.7. The molecule has 0 radical (unpaired) electrons. The van der Waals surface area contributed by atoms with E-state index in [2.05, 4.69) is 42.7 Å². The number of anilines is 4. The number of nitrogens with zero attached hydrogens (tertiary/aromatic N) is 2. The van der Waals surface area contributed by atoms with Crippen LogP contribution in [0, 0.1) is 0 Å². The monoisotopic (exact) mass is 410 g/mol. The molecule has 0 aliphatic carbocycles. The van der Waals surface area contributed by atoms with Gasteiger partial charge >= 0.3 is 0 Å². The van der Waals surface area contributed by atoms with Gasteiger partial charge in [-0.15, -0.1) is 0 Å². The first-order valence-electron chi connectivity index (χ1n) is 9.86. The summed E-state index contributed by atoms with van der Waals surface area (Å²) in [6.45, 7) is 0. The van der Waals surface area contributed by atoms with Gasteiger partial charge in [0.15, 0.2) is 0 Å². The number of hydrogen-bond donors (Lipinski definition) is 6. The molecule has 3 heterocycles. The number of hydrazine groups is 1. The van der Waals surface area contributed by atoms with Gasteiger partial charge in [-0.05, 0) is 36.4 Å². The maximum Gasteiger partial charge on any atom is 0.271 e. The van der Waals surface area contributed by atoms with Crippen molar-refractivity contribution >= 4 is 44.9 Å². The van der Waals surface area contributed by atoms with Crippen molar-refractivity contribution in [2.75, 3.05) is 16.1 Å². The lowest BCUT2D eigenvalue weighted by molar-refractivity contribution is 0.700. The Hall–Kier alpha value is -4.37. The molecule has 9 heteroatoms. The summed E-state index contributed by atoms with van der Waals surface area (Å²) < 4.78 is 0. The van der Waals surface area contributed by atoms with Gasteiger partial charge in [0.25, 0.3) is 5.56 Å². The van der Waals surface area contributed by atoms with Crippen molar-refractivity contribution < 1.29 is 0 Å².